The van der Waals surface area contributed by atoms with Crippen molar-refractivity contribution in [1.82, 2.24) is 10.2 Å². The van der Waals surface area contributed by atoms with E-state index in [2.05, 4.69) is 48.0 Å². The number of amides is 2. The second kappa shape index (κ2) is 11.2. The molecule has 2 aromatic carbocycles. The Balaban J connectivity index is 1.56. The normalized spacial score (nSPS) is 20.5. The summed E-state index contributed by atoms with van der Waals surface area (Å²) in [7, 11) is 0. The third-order valence-electron chi connectivity index (χ3n) is 7.38. The van der Waals surface area contributed by atoms with Crippen LogP contribution in [0.3, 0.4) is 0 Å². The molecule has 0 bridgehead atoms. The van der Waals surface area contributed by atoms with E-state index in [1.54, 1.807) is 17.4 Å². The molecule has 1 saturated heterocycles. The molecule has 37 heavy (non-hydrogen) atoms. The first-order chi connectivity index (χ1) is 18.1. The summed E-state index contributed by atoms with van der Waals surface area (Å²) in [6.45, 7) is 7.97. The van der Waals surface area contributed by atoms with Crippen molar-refractivity contribution in [2.45, 2.75) is 38.4 Å². The topological polar surface area (TPSA) is 61.9 Å². The third kappa shape index (κ3) is 5.01. The van der Waals surface area contributed by atoms with Gasteiger partial charge in [-0.05, 0) is 60.5 Å². The second-order valence-corrected chi connectivity index (χ2v) is 10.5. The zero-order chi connectivity index (χ0) is 25.8. The summed E-state index contributed by atoms with van der Waals surface area (Å²) < 4.78 is 5.52. The Hall–Kier alpha value is -3.58. The zero-order valence-corrected chi connectivity index (χ0v) is 22.0. The first-order valence-electron chi connectivity index (χ1n) is 12.9. The van der Waals surface area contributed by atoms with Gasteiger partial charge >= 0.3 is 6.09 Å². The predicted octanol–water partition coefficient (Wildman–Crippen LogP) is 6.34. The van der Waals surface area contributed by atoms with Gasteiger partial charge in [0.25, 0.3) is 5.91 Å². The van der Waals surface area contributed by atoms with Gasteiger partial charge in [-0.2, -0.15) is 0 Å². The van der Waals surface area contributed by atoms with E-state index >= 15 is 0 Å². The maximum atomic E-state index is 13.2. The molecular formula is C30H33N3O3S. The molecule has 0 radical (unpaired) electrons. The van der Waals surface area contributed by atoms with Gasteiger partial charge in [-0.15, -0.1) is 11.3 Å². The molecule has 1 fully saturated rings. The highest BCUT2D eigenvalue weighted by Crippen LogP contribution is 2.53. The van der Waals surface area contributed by atoms with Crippen molar-refractivity contribution in [2.75, 3.05) is 24.6 Å². The van der Waals surface area contributed by atoms with E-state index in [0.29, 0.717) is 18.7 Å². The summed E-state index contributed by atoms with van der Waals surface area (Å²) in [5.41, 5.74) is 3.92. The number of hydrogen-bond donors (Lipinski definition) is 1. The maximum absolute atomic E-state index is 13.2. The number of nitrogens with zero attached hydrogens (tertiary/aromatic N) is 2. The van der Waals surface area contributed by atoms with Gasteiger partial charge in [0.15, 0.2) is 0 Å². The summed E-state index contributed by atoms with van der Waals surface area (Å²) in [5.74, 6) is 0.0573. The molecule has 3 aromatic rings. The molecule has 2 aliphatic rings. The number of thiophene rings is 1. The number of ether oxygens (including phenoxy) is 1. The molecule has 0 spiro atoms. The van der Waals surface area contributed by atoms with Crippen LogP contribution < -0.4 is 10.2 Å². The molecule has 0 aliphatic carbocycles. The van der Waals surface area contributed by atoms with Crippen molar-refractivity contribution in [1.29, 1.82) is 0 Å². The summed E-state index contributed by atoms with van der Waals surface area (Å²) in [6.07, 6.45) is 3.15. The second-order valence-electron chi connectivity index (χ2n) is 9.49. The smallest absolute Gasteiger partial charge is 0.410 e. The molecule has 192 valence electrons. The minimum Gasteiger partial charge on any atom is -0.445 e. The number of fused-ring (bicyclic) bond motifs is 3. The van der Waals surface area contributed by atoms with E-state index in [9.17, 15) is 9.59 Å². The van der Waals surface area contributed by atoms with Crippen LogP contribution in [0.1, 0.15) is 58.2 Å². The number of piperidine rings is 1. The Morgan fingerprint density at radius 1 is 1.14 bits per heavy atom. The van der Waals surface area contributed by atoms with E-state index in [0.717, 1.165) is 35.5 Å². The fourth-order valence-electron chi connectivity index (χ4n) is 5.87. The van der Waals surface area contributed by atoms with Gasteiger partial charge < -0.3 is 19.9 Å². The minimum absolute atomic E-state index is 0.113. The van der Waals surface area contributed by atoms with Crippen LogP contribution in [0.2, 0.25) is 0 Å². The Morgan fingerprint density at radius 3 is 2.70 bits per heavy atom. The first-order valence-corrected chi connectivity index (χ1v) is 13.8. The SMILES string of the molecule is C=CCOC(=O)N1CCC[C@H]2C(c3ccccc3)N(CC)c3ccc(C(=O)NCc4cccs4)cc3[C@H]21. The van der Waals surface area contributed by atoms with Crippen molar-refractivity contribution < 1.29 is 14.3 Å². The molecule has 2 aliphatic heterocycles. The van der Waals surface area contributed by atoms with Crippen molar-refractivity contribution in [2.24, 2.45) is 5.92 Å². The van der Waals surface area contributed by atoms with Crippen LogP contribution in [-0.4, -0.2) is 36.6 Å². The fraction of sp³-hybridized carbons (Fsp3) is 0.333. The molecular weight excluding hydrogens is 482 g/mol. The Labute approximate surface area is 222 Å². The number of rotatable bonds is 7. The predicted molar refractivity (Wildman–Crippen MR) is 148 cm³/mol. The Morgan fingerprint density at radius 2 is 1.97 bits per heavy atom. The summed E-state index contributed by atoms with van der Waals surface area (Å²) in [6, 6.07) is 20.4. The van der Waals surface area contributed by atoms with Crippen molar-refractivity contribution >= 4 is 29.0 Å². The van der Waals surface area contributed by atoms with Gasteiger partial charge in [0.2, 0.25) is 0 Å². The standard InChI is InChI=1S/C30H33N3O3S/c1-3-17-36-30(35)33-16-8-13-24-27(21-10-6-5-7-11-21)32(4-2)26-15-14-22(19-25(26)28(24)33)29(34)31-20-23-12-9-18-37-23/h3,5-7,9-12,14-15,18-19,24,27-28H,1,4,8,13,16-17,20H2,2H3,(H,31,34)/t24-,27?,28-/m0/s1. The molecule has 1 N–H and O–H groups in total. The number of anilines is 1. The van der Waals surface area contributed by atoms with Crippen molar-refractivity contribution in [3.63, 3.8) is 0 Å². The van der Waals surface area contributed by atoms with Crippen LogP contribution in [0.4, 0.5) is 10.5 Å². The highest BCUT2D eigenvalue weighted by molar-refractivity contribution is 7.09. The molecule has 7 heteroatoms. The fourth-order valence-corrected chi connectivity index (χ4v) is 6.52. The molecule has 1 aromatic heterocycles. The summed E-state index contributed by atoms with van der Waals surface area (Å²) in [4.78, 5) is 31.8. The summed E-state index contributed by atoms with van der Waals surface area (Å²) in [5, 5.41) is 5.05. The van der Waals surface area contributed by atoms with Gasteiger partial charge in [0.05, 0.1) is 18.6 Å². The highest BCUT2D eigenvalue weighted by Gasteiger charge is 2.47. The number of hydrogen-bond acceptors (Lipinski definition) is 5. The molecule has 3 heterocycles. The molecule has 0 saturated carbocycles. The maximum Gasteiger partial charge on any atom is 0.410 e. The third-order valence-corrected chi connectivity index (χ3v) is 8.26. The average molecular weight is 516 g/mol. The average Bonchev–Trinajstić information content (AvgIpc) is 3.47. The first kappa shape index (κ1) is 25.1. The van der Waals surface area contributed by atoms with E-state index in [1.165, 1.54) is 5.56 Å². The molecule has 3 atom stereocenters. The van der Waals surface area contributed by atoms with Crippen molar-refractivity contribution in [3.05, 3.63) is 100 Å². The largest absolute Gasteiger partial charge is 0.445 e. The van der Waals surface area contributed by atoms with E-state index in [4.69, 9.17) is 4.74 Å². The summed E-state index contributed by atoms with van der Waals surface area (Å²) >= 11 is 1.62. The van der Waals surface area contributed by atoms with Crippen LogP contribution in [0, 0.1) is 5.92 Å². The molecule has 1 unspecified atom stereocenters. The van der Waals surface area contributed by atoms with Gasteiger partial charge in [-0.25, -0.2) is 4.79 Å². The van der Waals surface area contributed by atoms with E-state index < -0.39 is 0 Å². The molecule has 6 nitrogen and oxygen atoms in total. The van der Waals surface area contributed by atoms with E-state index in [1.807, 2.05) is 46.7 Å². The van der Waals surface area contributed by atoms with E-state index in [-0.39, 0.29) is 36.6 Å². The molecule has 2 amide bonds. The van der Waals surface area contributed by atoms with Crippen LogP contribution in [0.25, 0.3) is 0 Å². The van der Waals surface area contributed by atoms with Crippen LogP contribution in [-0.2, 0) is 11.3 Å². The number of carbonyl (C=O) groups excluding carboxylic acids is 2. The lowest BCUT2D eigenvalue weighted by Gasteiger charge is -2.52. The lowest BCUT2D eigenvalue weighted by atomic mass is 9.73. The zero-order valence-electron chi connectivity index (χ0n) is 21.1. The van der Waals surface area contributed by atoms with Gasteiger partial charge in [0.1, 0.15) is 6.61 Å². The number of nitrogens with one attached hydrogen (secondary N) is 1. The number of carbonyl (C=O) groups is 2. The Bertz CT molecular complexity index is 1240. The lowest BCUT2D eigenvalue weighted by Crippen LogP contribution is -2.51. The number of likely N-dealkylation sites (tertiary alicyclic amines) is 1. The van der Waals surface area contributed by atoms with Crippen LogP contribution in [0.15, 0.2) is 78.7 Å². The quantitative estimate of drug-likeness (QED) is 0.373. The lowest BCUT2D eigenvalue weighted by molar-refractivity contribution is 0.0465. The number of benzene rings is 2. The molecule has 5 rings (SSSR count). The Kier molecular flexibility index (Phi) is 7.60. The van der Waals surface area contributed by atoms with Crippen molar-refractivity contribution in [3.8, 4) is 0 Å². The minimum atomic E-state index is -0.329. The monoisotopic (exact) mass is 515 g/mol. The van der Waals surface area contributed by atoms with Gasteiger partial charge in [0, 0.05) is 35.1 Å². The van der Waals surface area contributed by atoms with Crippen LogP contribution in [0.5, 0.6) is 0 Å². The van der Waals surface area contributed by atoms with Gasteiger partial charge in [-0.3, -0.25) is 4.79 Å². The van der Waals surface area contributed by atoms with Gasteiger partial charge in [-0.1, -0.05) is 49.1 Å². The van der Waals surface area contributed by atoms with Crippen LogP contribution >= 0.6 is 11.3 Å². The highest BCUT2D eigenvalue weighted by atomic mass is 32.1.